The zero-order chi connectivity index (χ0) is 7.56. The number of hydrogen-bond acceptors (Lipinski definition) is 3. The molecular formula is C5H5Cl2N3. The van der Waals surface area contributed by atoms with Crippen molar-refractivity contribution in [3.05, 3.63) is 16.9 Å². The molecule has 0 fully saturated rings. The number of nitrogens with zero attached hydrogens (tertiary/aromatic N) is 3. The second-order valence-electron chi connectivity index (χ2n) is 1.70. The maximum atomic E-state index is 5.51. The van der Waals surface area contributed by atoms with Crippen LogP contribution in [0.5, 0.6) is 0 Å². The molecule has 5 heteroatoms. The lowest BCUT2D eigenvalue weighted by Gasteiger charge is -1.94. The number of aryl methyl sites for hydroxylation is 1. The third kappa shape index (κ3) is 1.78. The third-order valence-electron chi connectivity index (χ3n) is 0.886. The molecule has 0 unspecified atom stereocenters. The molecule has 0 aromatic carbocycles. The highest BCUT2D eigenvalue weighted by atomic mass is 35.5. The van der Waals surface area contributed by atoms with Crippen LogP contribution >= 0.6 is 23.2 Å². The molecule has 0 atom stereocenters. The van der Waals surface area contributed by atoms with Gasteiger partial charge in [0.05, 0.1) is 5.88 Å². The largest absolute Gasteiger partial charge is 0.225 e. The van der Waals surface area contributed by atoms with Gasteiger partial charge in [-0.3, -0.25) is 0 Å². The Bertz CT molecular complexity index is 218. The first-order chi connectivity index (χ1) is 4.72. The summed E-state index contributed by atoms with van der Waals surface area (Å²) in [6.45, 7) is 1.74. The molecule has 0 bridgehead atoms. The minimum atomic E-state index is 0.197. The van der Waals surface area contributed by atoms with E-state index >= 15 is 0 Å². The van der Waals surface area contributed by atoms with Gasteiger partial charge in [-0.15, -0.1) is 11.6 Å². The lowest BCUT2D eigenvalue weighted by atomic mass is 10.6. The molecule has 0 N–H and O–H groups in total. The quantitative estimate of drug-likeness (QED) is 0.612. The van der Waals surface area contributed by atoms with Gasteiger partial charge in [0.25, 0.3) is 0 Å². The summed E-state index contributed by atoms with van der Waals surface area (Å²) in [5.74, 6) is 1.37. The number of rotatable bonds is 1. The SMILES string of the molecule is Cc1nc(Cl)nc(CCl)n1. The van der Waals surface area contributed by atoms with E-state index in [1.807, 2.05) is 0 Å². The van der Waals surface area contributed by atoms with Gasteiger partial charge in [0.15, 0.2) is 0 Å². The van der Waals surface area contributed by atoms with Crippen molar-refractivity contribution < 1.29 is 0 Å². The van der Waals surface area contributed by atoms with E-state index in [0.717, 1.165) is 0 Å². The van der Waals surface area contributed by atoms with E-state index in [1.54, 1.807) is 6.92 Å². The Kier molecular flexibility index (Phi) is 2.40. The van der Waals surface area contributed by atoms with Gasteiger partial charge in [-0.05, 0) is 18.5 Å². The molecule has 0 aliphatic rings. The van der Waals surface area contributed by atoms with Crippen molar-refractivity contribution in [1.29, 1.82) is 0 Å². The van der Waals surface area contributed by atoms with E-state index in [0.29, 0.717) is 11.6 Å². The molecule has 0 radical (unpaired) electrons. The Labute approximate surface area is 68.4 Å². The number of hydrogen-bond donors (Lipinski definition) is 0. The van der Waals surface area contributed by atoms with Gasteiger partial charge in [-0.2, -0.15) is 0 Å². The van der Waals surface area contributed by atoms with Gasteiger partial charge in [-0.1, -0.05) is 0 Å². The molecule has 0 aliphatic heterocycles. The molecule has 54 valence electrons. The monoisotopic (exact) mass is 177 g/mol. The minimum absolute atomic E-state index is 0.197. The standard InChI is InChI=1S/C5H5Cl2N3/c1-3-8-4(2-6)10-5(7)9-3/h2H2,1H3. The lowest BCUT2D eigenvalue weighted by molar-refractivity contribution is 0.909. The van der Waals surface area contributed by atoms with Gasteiger partial charge in [0.2, 0.25) is 5.28 Å². The van der Waals surface area contributed by atoms with Crippen LogP contribution in [-0.4, -0.2) is 15.0 Å². The van der Waals surface area contributed by atoms with E-state index in [2.05, 4.69) is 15.0 Å². The molecule has 1 rings (SSSR count). The van der Waals surface area contributed by atoms with E-state index in [4.69, 9.17) is 23.2 Å². The lowest BCUT2D eigenvalue weighted by Crippen LogP contribution is -1.97. The van der Waals surface area contributed by atoms with Crippen LogP contribution in [0.2, 0.25) is 5.28 Å². The van der Waals surface area contributed by atoms with Crippen molar-refractivity contribution in [2.45, 2.75) is 12.8 Å². The molecule has 1 aromatic rings. The van der Waals surface area contributed by atoms with Crippen molar-refractivity contribution in [3.8, 4) is 0 Å². The van der Waals surface area contributed by atoms with Crippen molar-refractivity contribution >= 4 is 23.2 Å². The molecule has 0 amide bonds. The molecule has 0 saturated carbocycles. The Morgan fingerprint density at radius 3 is 2.50 bits per heavy atom. The Hall–Kier alpha value is -0.410. The maximum Gasteiger partial charge on any atom is 0.225 e. The zero-order valence-corrected chi connectivity index (χ0v) is 6.82. The number of alkyl halides is 1. The summed E-state index contributed by atoms with van der Waals surface area (Å²) in [6, 6.07) is 0. The van der Waals surface area contributed by atoms with Gasteiger partial charge in [0.1, 0.15) is 11.6 Å². The van der Waals surface area contributed by atoms with Gasteiger partial charge >= 0.3 is 0 Å². The van der Waals surface area contributed by atoms with Crippen molar-refractivity contribution in [1.82, 2.24) is 15.0 Å². The van der Waals surface area contributed by atoms with Crippen LogP contribution in [0, 0.1) is 6.92 Å². The van der Waals surface area contributed by atoms with Crippen molar-refractivity contribution in [2.24, 2.45) is 0 Å². The van der Waals surface area contributed by atoms with Crippen LogP contribution in [0.1, 0.15) is 11.6 Å². The summed E-state index contributed by atoms with van der Waals surface area (Å²) in [5, 5.41) is 0.197. The van der Waals surface area contributed by atoms with E-state index in [9.17, 15) is 0 Å². The molecule has 1 aromatic heterocycles. The molecule has 3 nitrogen and oxygen atoms in total. The van der Waals surface area contributed by atoms with Crippen molar-refractivity contribution in [2.75, 3.05) is 0 Å². The fourth-order valence-electron chi connectivity index (χ4n) is 0.562. The summed E-state index contributed by atoms with van der Waals surface area (Å²) in [7, 11) is 0. The second-order valence-corrected chi connectivity index (χ2v) is 2.31. The fraction of sp³-hybridized carbons (Fsp3) is 0.400. The summed E-state index contributed by atoms with van der Waals surface area (Å²) in [4.78, 5) is 11.4. The van der Waals surface area contributed by atoms with Crippen LogP contribution in [0.4, 0.5) is 0 Å². The maximum absolute atomic E-state index is 5.51. The van der Waals surface area contributed by atoms with Crippen LogP contribution in [-0.2, 0) is 5.88 Å². The highest BCUT2D eigenvalue weighted by Gasteiger charge is 1.98. The first-order valence-corrected chi connectivity index (χ1v) is 3.56. The van der Waals surface area contributed by atoms with Crippen LogP contribution in [0.25, 0.3) is 0 Å². The van der Waals surface area contributed by atoms with Crippen LogP contribution < -0.4 is 0 Å². The predicted molar refractivity (Wildman–Crippen MR) is 39.1 cm³/mol. The van der Waals surface area contributed by atoms with E-state index < -0.39 is 0 Å². The Morgan fingerprint density at radius 2 is 2.00 bits per heavy atom. The highest BCUT2D eigenvalue weighted by Crippen LogP contribution is 2.02. The number of halogens is 2. The molecule has 0 spiro atoms. The fourth-order valence-corrected chi connectivity index (χ4v) is 0.901. The summed E-state index contributed by atoms with van der Waals surface area (Å²) in [5.41, 5.74) is 0. The summed E-state index contributed by atoms with van der Waals surface area (Å²) < 4.78 is 0. The normalized spacial score (nSPS) is 9.90. The molecule has 0 saturated heterocycles. The van der Waals surface area contributed by atoms with Crippen LogP contribution in [0.15, 0.2) is 0 Å². The first-order valence-electron chi connectivity index (χ1n) is 2.65. The van der Waals surface area contributed by atoms with Gasteiger partial charge < -0.3 is 0 Å². The highest BCUT2D eigenvalue weighted by molar-refractivity contribution is 6.28. The van der Waals surface area contributed by atoms with Crippen molar-refractivity contribution in [3.63, 3.8) is 0 Å². The average molecular weight is 178 g/mol. The van der Waals surface area contributed by atoms with E-state index in [-0.39, 0.29) is 11.2 Å². The molecule has 0 aliphatic carbocycles. The summed E-state index contributed by atoms with van der Waals surface area (Å²) >= 11 is 11.0. The average Bonchev–Trinajstić information content (AvgIpc) is 1.85. The second kappa shape index (κ2) is 3.12. The smallest absolute Gasteiger partial charge is 0.217 e. The third-order valence-corrected chi connectivity index (χ3v) is 1.29. The van der Waals surface area contributed by atoms with Crippen LogP contribution in [0.3, 0.4) is 0 Å². The zero-order valence-electron chi connectivity index (χ0n) is 5.30. The minimum Gasteiger partial charge on any atom is -0.217 e. The topological polar surface area (TPSA) is 38.7 Å². The summed E-state index contributed by atoms with van der Waals surface area (Å²) in [6.07, 6.45) is 0. The first kappa shape index (κ1) is 7.69. The molecule has 10 heavy (non-hydrogen) atoms. The Morgan fingerprint density at radius 1 is 1.30 bits per heavy atom. The predicted octanol–water partition coefficient (Wildman–Crippen LogP) is 1.57. The molecular weight excluding hydrogens is 173 g/mol. The number of aromatic nitrogens is 3. The van der Waals surface area contributed by atoms with E-state index in [1.165, 1.54) is 0 Å². The molecule has 1 heterocycles. The Balaban J connectivity index is 3.06. The van der Waals surface area contributed by atoms with Gasteiger partial charge in [-0.25, -0.2) is 15.0 Å². The van der Waals surface area contributed by atoms with Gasteiger partial charge in [0, 0.05) is 0 Å².